The monoisotopic (exact) mass is 296 g/mol. The summed E-state index contributed by atoms with van der Waals surface area (Å²) in [6.45, 7) is 2.95. The van der Waals surface area contributed by atoms with E-state index in [-0.39, 0.29) is 16.8 Å². The van der Waals surface area contributed by atoms with Crippen LogP contribution >= 0.6 is 0 Å². The quantitative estimate of drug-likeness (QED) is 0.499. The van der Waals surface area contributed by atoms with Crippen molar-refractivity contribution in [1.82, 2.24) is 0 Å². The van der Waals surface area contributed by atoms with Crippen molar-refractivity contribution in [1.29, 1.82) is 0 Å². The molecule has 1 aromatic rings. The molecule has 0 heterocycles. The number of aliphatic carboxylic acids is 1. The smallest absolute Gasteiger partial charge is 0.344 e. The summed E-state index contributed by atoms with van der Waals surface area (Å²) in [6, 6.07) is 1.87. The molecule has 0 aliphatic heterocycles. The lowest BCUT2D eigenvalue weighted by atomic mass is 10.1. The lowest BCUT2D eigenvalue weighted by Gasteiger charge is -2.24. The van der Waals surface area contributed by atoms with Gasteiger partial charge < -0.3 is 14.7 Å². The molecule has 114 valence electrons. The van der Waals surface area contributed by atoms with E-state index in [0.717, 1.165) is 7.11 Å². The highest BCUT2D eigenvalue weighted by Crippen LogP contribution is 2.30. The van der Waals surface area contributed by atoms with Crippen LogP contribution in [0.25, 0.3) is 0 Å². The Hall–Kier alpha value is -2.64. The summed E-state index contributed by atoms with van der Waals surface area (Å²) in [7, 11) is 2.65. The number of carbonyl (C=O) groups excluding carboxylic acids is 1. The van der Waals surface area contributed by atoms with Crippen LogP contribution in [0.5, 0.6) is 0 Å². The van der Waals surface area contributed by atoms with Crippen molar-refractivity contribution in [2.45, 2.75) is 19.9 Å². The summed E-state index contributed by atoms with van der Waals surface area (Å²) >= 11 is 0. The van der Waals surface area contributed by atoms with Crippen LogP contribution in [0.2, 0.25) is 0 Å². The standard InChI is InChI=1S/C13H16N2O6/c1-7-5-9(14(3)8(2)12(16)17)6-10(13(18)21-4)11(7)15(19)20/h5-6,8H,1-4H3,(H,16,17). The Morgan fingerprint density at radius 2 is 2.00 bits per heavy atom. The Labute approximate surface area is 121 Å². The molecule has 0 aromatic heterocycles. The van der Waals surface area contributed by atoms with E-state index >= 15 is 0 Å². The number of benzene rings is 1. The lowest BCUT2D eigenvalue weighted by molar-refractivity contribution is -0.385. The molecule has 0 radical (unpaired) electrons. The molecule has 21 heavy (non-hydrogen) atoms. The van der Waals surface area contributed by atoms with Gasteiger partial charge in [-0.1, -0.05) is 0 Å². The van der Waals surface area contributed by atoms with Crippen molar-refractivity contribution in [2.75, 3.05) is 19.1 Å². The van der Waals surface area contributed by atoms with Crippen LogP contribution in [-0.2, 0) is 9.53 Å². The van der Waals surface area contributed by atoms with Crippen molar-refractivity contribution in [3.63, 3.8) is 0 Å². The van der Waals surface area contributed by atoms with Crippen molar-refractivity contribution in [2.24, 2.45) is 0 Å². The molecular formula is C13H16N2O6. The van der Waals surface area contributed by atoms with E-state index in [2.05, 4.69) is 4.74 Å². The van der Waals surface area contributed by atoms with Gasteiger partial charge >= 0.3 is 11.9 Å². The van der Waals surface area contributed by atoms with E-state index in [1.165, 1.54) is 37.9 Å². The first kappa shape index (κ1) is 16.4. The molecule has 0 amide bonds. The number of nitro groups is 1. The van der Waals surface area contributed by atoms with Gasteiger partial charge in [-0.15, -0.1) is 0 Å². The normalized spacial score (nSPS) is 11.6. The molecule has 0 spiro atoms. The number of nitro benzene ring substituents is 1. The predicted octanol–water partition coefficient (Wildman–Crippen LogP) is 1.60. The summed E-state index contributed by atoms with van der Waals surface area (Å²) in [4.78, 5) is 34.5. The molecule has 1 N–H and O–H groups in total. The van der Waals surface area contributed by atoms with E-state index in [9.17, 15) is 19.7 Å². The summed E-state index contributed by atoms with van der Waals surface area (Å²) in [5.74, 6) is -1.89. The number of rotatable bonds is 5. The van der Waals surface area contributed by atoms with Gasteiger partial charge in [0.2, 0.25) is 0 Å². The van der Waals surface area contributed by atoms with Crippen LogP contribution in [0.15, 0.2) is 12.1 Å². The molecule has 1 rings (SSSR count). The molecule has 0 aliphatic rings. The fourth-order valence-electron chi connectivity index (χ4n) is 1.86. The zero-order valence-electron chi connectivity index (χ0n) is 12.1. The molecule has 0 saturated heterocycles. The fourth-order valence-corrected chi connectivity index (χ4v) is 1.86. The van der Waals surface area contributed by atoms with E-state index in [0.29, 0.717) is 5.69 Å². The molecule has 8 heteroatoms. The molecule has 0 bridgehead atoms. The van der Waals surface area contributed by atoms with E-state index in [4.69, 9.17) is 5.11 Å². The summed E-state index contributed by atoms with van der Waals surface area (Å²) < 4.78 is 4.55. The average Bonchev–Trinajstić information content (AvgIpc) is 2.43. The Morgan fingerprint density at radius 3 is 2.43 bits per heavy atom. The fraction of sp³-hybridized carbons (Fsp3) is 0.385. The minimum atomic E-state index is -1.05. The number of carboxylic acid groups (broad SMARTS) is 1. The molecule has 0 aliphatic carbocycles. The van der Waals surface area contributed by atoms with Crippen LogP contribution < -0.4 is 4.90 Å². The predicted molar refractivity (Wildman–Crippen MR) is 74.7 cm³/mol. The second kappa shape index (κ2) is 6.21. The zero-order chi connectivity index (χ0) is 16.3. The highest BCUT2D eigenvalue weighted by Gasteiger charge is 2.27. The van der Waals surface area contributed by atoms with Gasteiger partial charge in [0.1, 0.15) is 11.6 Å². The number of hydrogen-bond donors (Lipinski definition) is 1. The maximum absolute atomic E-state index is 11.7. The number of anilines is 1. The number of likely N-dealkylation sites (N-methyl/N-ethyl adjacent to an activating group) is 1. The van der Waals surface area contributed by atoms with E-state index in [1.807, 2.05) is 0 Å². The van der Waals surface area contributed by atoms with Gasteiger partial charge in [0.05, 0.1) is 12.0 Å². The van der Waals surface area contributed by atoms with Gasteiger partial charge in [-0.2, -0.15) is 0 Å². The van der Waals surface area contributed by atoms with Gasteiger partial charge in [0.15, 0.2) is 0 Å². The number of esters is 1. The number of carboxylic acids is 1. The summed E-state index contributed by atoms with van der Waals surface area (Å²) in [5.41, 5.74) is 0.0830. The van der Waals surface area contributed by atoms with Crippen molar-refractivity contribution in [3.8, 4) is 0 Å². The van der Waals surface area contributed by atoms with Crippen LogP contribution in [0.1, 0.15) is 22.8 Å². The molecule has 1 aromatic carbocycles. The highest BCUT2D eigenvalue weighted by atomic mass is 16.6. The van der Waals surface area contributed by atoms with Crippen molar-refractivity contribution >= 4 is 23.3 Å². The zero-order valence-corrected chi connectivity index (χ0v) is 12.1. The van der Waals surface area contributed by atoms with Gasteiger partial charge in [-0.3, -0.25) is 10.1 Å². The summed E-state index contributed by atoms with van der Waals surface area (Å²) in [5, 5.41) is 20.1. The van der Waals surface area contributed by atoms with E-state index < -0.39 is 22.9 Å². The topological polar surface area (TPSA) is 110 Å². The van der Waals surface area contributed by atoms with Gasteiger partial charge in [0, 0.05) is 18.3 Å². The number of ether oxygens (including phenoxy) is 1. The van der Waals surface area contributed by atoms with Gasteiger partial charge in [-0.05, 0) is 26.0 Å². The molecular weight excluding hydrogens is 280 g/mol. The number of nitrogens with zero attached hydrogens (tertiary/aromatic N) is 2. The molecule has 0 fully saturated rings. The third-order valence-electron chi connectivity index (χ3n) is 3.22. The maximum atomic E-state index is 11.7. The lowest BCUT2D eigenvalue weighted by Crippen LogP contribution is -2.36. The minimum absolute atomic E-state index is 0.207. The molecule has 1 unspecified atom stereocenters. The van der Waals surface area contributed by atoms with Crippen LogP contribution in [0.4, 0.5) is 11.4 Å². The number of hydrogen-bond acceptors (Lipinski definition) is 6. The Morgan fingerprint density at radius 1 is 1.43 bits per heavy atom. The third-order valence-corrected chi connectivity index (χ3v) is 3.22. The second-order valence-corrected chi connectivity index (χ2v) is 4.53. The SMILES string of the molecule is COC(=O)c1cc(N(C)C(C)C(=O)O)cc(C)c1[N+](=O)[O-]. The van der Waals surface area contributed by atoms with Crippen molar-refractivity contribution < 1.29 is 24.4 Å². The molecule has 8 nitrogen and oxygen atoms in total. The van der Waals surface area contributed by atoms with Crippen LogP contribution in [0.3, 0.4) is 0 Å². The Balaban J connectivity index is 3.45. The van der Waals surface area contributed by atoms with Gasteiger partial charge in [0.25, 0.3) is 5.69 Å². The molecule has 1 atom stereocenters. The van der Waals surface area contributed by atoms with Crippen LogP contribution in [0, 0.1) is 17.0 Å². The maximum Gasteiger partial charge on any atom is 0.344 e. The largest absolute Gasteiger partial charge is 0.480 e. The number of carbonyl (C=O) groups is 2. The second-order valence-electron chi connectivity index (χ2n) is 4.53. The molecule has 0 saturated carbocycles. The Kier molecular flexibility index (Phi) is 4.85. The van der Waals surface area contributed by atoms with Crippen LogP contribution in [-0.4, -0.2) is 42.2 Å². The third kappa shape index (κ3) is 3.28. The highest BCUT2D eigenvalue weighted by molar-refractivity contribution is 5.96. The van der Waals surface area contributed by atoms with E-state index in [1.54, 1.807) is 0 Å². The number of aryl methyl sites for hydroxylation is 1. The van der Waals surface area contributed by atoms with Crippen molar-refractivity contribution in [3.05, 3.63) is 33.4 Å². The van der Waals surface area contributed by atoms with Gasteiger partial charge in [-0.25, -0.2) is 9.59 Å². The average molecular weight is 296 g/mol. The minimum Gasteiger partial charge on any atom is -0.480 e. The first-order valence-electron chi connectivity index (χ1n) is 6.03. The summed E-state index contributed by atoms with van der Waals surface area (Å²) in [6.07, 6.45) is 0. The first-order valence-corrected chi connectivity index (χ1v) is 6.03. The number of methoxy groups -OCH3 is 1. The Bertz CT molecular complexity index is 599. The first-order chi connectivity index (χ1) is 9.70.